The van der Waals surface area contributed by atoms with E-state index in [9.17, 15) is 43.2 Å². The number of phosphoric ester groups is 2. The van der Waals surface area contributed by atoms with Crippen molar-refractivity contribution in [2.75, 3.05) is 39.6 Å². The Balaban J connectivity index is 5.19. The molecule has 0 bridgehead atoms. The van der Waals surface area contributed by atoms with E-state index in [2.05, 4.69) is 34.6 Å². The van der Waals surface area contributed by atoms with Gasteiger partial charge in [0.2, 0.25) is 0 Å². The number of phosphoric acid groups is 2. The Bertz CT molecular complexity index is 1870. The summed E-state index contributed by atoms with van der Waals surface area (Å²) < 4.78 is 68.6. The molecule has 17 nitrogen and oxygen atoms in total. The molecular formula is C79H154O17P2. The number of aliphatic hydroxyl groups excluding tert-OH is 1. The number of carbonyl (C=O) groups excluding carboxylic acids is 4. The van der Waals surface area contributed by atoms with Crippen molar-refractivity contribution in [3.8, 4) is 0 Å². The summed E-state index contributed by atoms with van der Waals surface area (Å²) in [4.78, 5) is 72.9. The molecule has 0 rings (SSSR count). The van der Waals surface area contributed by atoms with E-state index in [-0.39, 0.29) is 25.7 Å². The first-order valence-electron chi connectivity index (χ1n) is 41.1. The second-order valence-corrected chi connectivity index (χ2v) is 31.8. The Labute approximate surface area is 600 Å². The topological polar surface area (TPSA) is 237 Å². The molecular weight excluding hydrogens is 1280 g/mol. The number of carbonyl (C=O) groups is 4. The summed E-state index contributed by atoms with van der Waals surface area (Å²) in [7, 11) is -9.91. The molecule has 0 heterocycles. The molecule has 98 heavy (non-hydrogen) atoms. The molecule has 0 fully saturated rings. The zero-order chi connectivity index (χ0) is 71.9. The van der Waals surface area contributed by atoms with Crippen molar-refractivity contribution in [1.82, 2.24) is 0 Å². The van der Waals surface area contributed by atoms with Gasteiger partial charge in [-0.2, -0.15) is 0 Å². The van der Waals surface area contributed by atoms with Crippen LogP contribution >= 0.6 is 15.6 Å². The lowest BCUT2D eigenvalue weighted by molar-refractivity contribution is -0.161. The van der Waals surface area contributed by atoms with Crippen LogP contribution in [0, 0.1) is 5.92 Å². The zero-order valence-corrected chi connectivity index (χ0v) is 65.7. The minimum absolute atomic E-state index is 0.107. The first-order chi connectivity index (χ1) is 47.5. The van der Waals surface area contributed by atoms with Crippen LogP contribution in [0.25, 0.3) is 0 Å². The van der Waals surface area contributed by atoms with Crippen LogP contribution in [0.1, 0.15) is 420 Å². The highest BCUT2D eigenvalue weighted by atomic mass is 31.2. The molecule has 0 aliphatic carbocycles. The first kappa shape index (κ1) is 96.1. The van der Waals surface area contributed by atoms with Crippen LogP contribution in [0.3, 0.4) is 0 Å². The normalized spacial score (nSPS) is 13.9. The average Bonchev–Trinajstić information content (AvgIpc) is 1.13. The quantitative estimate of drug-likeness (QED) is 0.0222. The van der Waals surface area contributed by atoms with E-state index in [4.69, 9.17) is 37.0 Å². The minimum atomic E-state index is -4.96. The highest BCUT2D eigenvalue weighted by Gasteiger charge is 2.30. The molecule has 3 N–H and O–H groups in total. The molecule has 0 spiro atoms. The Morgan fingerprint density at radius 3 is 0.694 bits per heavy atom. The maximum Gasteiger partial charge on any atom is 0.472 e. The van der Waals surface area contributed by atoms with Crippen molar-refractivity contribution in [3.63, 3.8) is 0 Å². The van der Waals surface area contributed by atoms with Gasteiger partial charge in [0, 0.05) is 25.7 Å². The number of hydrogen-bond donors (Lipinski definition) is 3. The summed E-state index contributed by atoms with van der Waals surface area (Å²) in [5.74, 6) is -1.38. The van der Waals surface area contributed by atoms with Gasteiger partial charge in [0.15, 0.2) is 12.2 Å². The maximum absolute atomic E-state index is 13.1. The van der Waals surface area contributed by atoms with Crippen LogP contribution in [-0.4, -0.2) is 96.7 Å². The predicted octanol–water partition coefficient (Wildman–Crippen LogP) is 23.6. The fourth-order valence-electron chi connectivity index (χ4n) is 12.2. The van der Waals surface area contributed by atoms with Gasteiger partial charge in [-0.15, -0.1) is 0 Å². The molecule has 2 unspecified atom stereocenters. The Morgan fingerprint density at radius 2 is 0.469 bits per heavy atom. The van der Waals surface area contributed by atoms with Gasteiger partial charge >= 0.3 is 39.5 Å². The van der Waals surface area contributed by atoms with Crippen molar-refractivity contribution >= 4 is 39.5 Å². The summed E-state index contributed by atoms with van der Waals surface area (Å²) in [6.45, 7) is 7.27. The fourth-order valence-corrected chi connectivity index (χ4v) is 13.8. The molecule has 5 atom stereocenters. The van der Waals surface area contributed by atoms with E-state index < -0.39 is 97.5 Å². The van der Waals surface area contributed by atoms with Crippen molar-refractivity contribution < 1.29 is 80.2 Å². The smallest absolute Gasteiger partial charge is 0.462 e. The van der Waals surface area contributed by atoms with Crippen LogP contribution in [0.4, 0.5) is 0 Å². The largest absolute Gasteiger partial charge is 0.472 e. The highest BCUT2D eigenvalue weighted by Crippen LogP contribution is 2.45. The lowest BCUT2D eigenvalue weighted by atomic mass is 10.0. The number of hydrogen-bond acceptors (Lipinski definition) is 15. The Morgan fingerprint density at radius 1 is 0.276 bits per heavy atom. The average molecular weight is 1440 g/mol. The van der Waals surface area contributed by atoms with Gasteiger partial charge in [-0.3, -0.25) is 37.3 Å². The minimum Gasteiger partial charge on any atom is -0.462 e. The summed E-state index contributed by atoms with van der Waals surface area (Å²) in [6.07, 6.45) is 62.5. The van der Waals surface area contributed by atoms with E-state index in [1.54, 1.807) is 0 Å². The van der Waals surface area contributed by atoms with E-state index in [1.165, 1.54) is 244 Å². The monoisotopic (exact) mass is 1440 g/mol. The molecule has 0 aliphatic rings. The van der Waals surface area contributed by atoms with Crippen LogP contribution < -0.4 is 0 Å². The molecule has 0 aromatic rings. The summed E-state index contributed by atoms with van der Waals surface area (Å²) >= 11 is 0. The fraction of sp³-hybridized carbons (Fsp3) is 0.949. The number of aliphatic hydroxyl groups is 1. The van der Waals surface area contributed by atoms with Crippen molar-refractivity contribution in [1.29, 1.82) is 0 Å². The summed E-state index contributed by atoms with van der Waals surface area (Å²) in [5.41, 5.74) is 0. The Hall–Kier alpha value is -1.94. The molecule has 19 heteroatoms. The lowest BCUT2D eigenvalue weighted by Crippen LogP contribution is -2.30. The maximum atomic E-state index is 13.1. The SMILES string of the molecule is CCCCCCCCCCCCCCCCCCCCCCCCC(=O)O[C@H](COC(=O)CCCCCCCCCCCCCCC)COP(=O)(O)OC[C@@H](O)COP(=O)(O)OC[C@@H](COC(=O)CCCCCCCCCCC(C)C)OC(=O)CCCCCCCCCCCCCC. The van der Waals surface area contributed by atoms with E-state index in [1.807, 2.05) is 0 Å². The van der Waals surface area contributed by atoms with Gasteiger partial charge in [0.25, 0.3) is 0 Å². The first-order valence-corrected chi connectivity index (χ1v) is 44.1. The number of rotatable bonds is 79. The Kier molecular flexibility index (Phi) is 70.6. The number of unbranched alkanes of at least 4 members (excludes halogenated alkanes) is 51. The lowest BCUT2D eigenvalue weighted by Gasteiger charge is -2.21. The third-order valence-corrected chi connectivity index (χ3v) is 20.4. The molecule has 0 aromatic carbocycles. The van der Waals surface area contributed by atoms with Crippen molar-refractivity contribution in [3.05, 3.63) is 0 Å². The molecule has 0 saturated carbocycles. The molecule has 0 aliphatic heterocycles. The second kappa shape index (κ2) is 72.0. The van der Waals surface area contributed by atoms with Crippen molar-refractivity contribution in [2.24, 2.45) is 5.92 Å². The van der Waals surface area contributed by atoms with Crippen LogP contribution in [0.5, 0.6) is 0 Å². The molecule has 582 valence electrons. The van der Waals surface area contributed by atoms with E-state index in [0.29, 0.717) is 25.7 Å². The van der Waals surface area contributed by atoms with E-state index >= 15 is 0 Å². The van der Waals surface area contributed by atoms with Gasteiger partial charge < -0.3 is 33.8 Å². The third-order valence-electron chi connectivity index (χ3n) is 18.5. The highest BCUT2D eigenvalue weighted by molar-refractivity contribution is 7.47. The van der Waals surface area contributed by atoms with Gasteiger partial charge in [-0.1, -0.05) is 369 Å². The van der Waals surface area contributed by atoms with Gasteiger partial charge in [-0.25, -0.2) is 9.13 Å². The third kappa shape index (κ3) is 72.4. The van der Waals surface area contributed by atoms with Gasteiger partial charge in [-0.05, 0) is 31.6 Å². The number of ether oxygens (including phenoxy) is 4. The van der Waals surface area contributed by atoms with E-state index in [0.717, 1.165) is 95.8 Å². The molecule has 0 radical (unpaired) electrons. The molecule has 0 saturated heterocycles. The standard InChI is InChI=1S/C79H154O17P2/c1-6-9-12-15-18-21-24-27-28-29-30-31-32-33-34-35-37-40-43-50-55-60-65-79(84)95-74(68-89-76(81)62-57-52-47-41-39-36-25-22-19-16-13-10-7-2)70-93-97(85,86)91-66-73(80)67-92-98(87,88)94-71-75(69-90-77(82)63-58-53-48-45-44-46-51-56-61-72(4)5)96-78(83)64-59-54-49-42-38-26-23-20-17-14-11-8-3/h72-75,80H,6-71H2,1-5H3,(H,85,86)(H,87,88)/t73-,74-,75-/m1/s1. The van der Waals surface area contributed by atoms with Gasteiger partial charge in [0.05, 0.1) is 26.4 Å². The molecule has 0 amide bonds. The predicted molar refractivity (Wildman–Crippen MR) is 400 cm³/mol. The van der Waals surface area contributed by atoms with Crippen LogP contribution in [0.15, 0.2) is 0 Å². The number of esters is 4. The summed E-state index contributed by atoms with van der Waals surface area (Å²) in [5, 5.41) is 10.6. The second-order valence-electron chi connectivity index (χ2n) is 28.9. The summed E-state index contributed by atoms with van der Waals surface area (Å²) in [6, 6.07) is 0. The van der Waals surface area contributed by atoms with Gasteiger partial charge in [0.1, 0.15) is 19.3 Å². The zero-order valence-electron chi connectivity index (χ0n) is 63.9. The van der Waals surface area contributed by atoms with Crippen LogP contribution in [-0.2, 0) is 65.4 Å². The van der Waals surface area contributed by atoms with Crippen LogP contribution in [0.2, 0.25) is 0 Å². The molecule has 0 aromatic heterocycles. The van der Waals surface area contributed by atoms with Crippen molar-refractivity contribution in [2.45, 2.75) is 438 Å².